The van der Waals surface area contributed by atoms with Crippen molar-refractivity contribution in [2.75, 3.05) is 7.05 Å². The van der Waals surface area contributed by atoms with Crippen molar-refractivity contribution in [2.24, 2.45) is 0 Å². The highest BCUT2D eigenvalue weighted by atomic mass is 16.5. The topological polar surface area (TPSA) is 44.3 Å². The van der Waals surface area contributed by atoms with Crippen LogP contribution in [-0.4, -0.2) is 18.3 Å². The molecule has 0 heterocycles. The molecule has 1 aliphatic carbocycles. The molecule has 0 aromatic rings. The molecule has 0 saturated heterocycles. The second kappa shape index (κ2) is 6.22. The maximum absolute atomic E-state index is 9.00. The van der Waals surface area contributed by atoms with E-state index < -0.39 is 0 Å². The van der Waals surface area contributed by atoms with Crippen molar-refractivity contribution in [1.82, 2.24) is 10.8 Å². The third kappa shape index (κ3) is 3.73. The molecular formula is C12H18N2O. The van der Waals surface area contributed by atoms with E-state index in [9.17, 15) is 0 Å². The van der Waals surface area contributed by atoms with Crippen molar-refractivity contribution in [1.29, 1.82) is 0 Å². The molecule has 0 aromatic carbocycles. The van der Waals surface area contributed by atoms with E-state index in [0.717, 1.165) is 17.7 Å². The number of hydrogen-bond acceptors (Lipinski definition) is 3. The van der Waals surface area contributed by atoms with Gasteiger partial charge in [-0.1, -0.05) is 36.5 Å². The SMILES string of the molecule is CN/C(C)=C/CC1=CC=CC=CC1NO. The predicted octanol–water partition coefficient (Wildman–Crippen LogP) is 1.90. The van der Waals surface area contributed by atoms with E-state index in [1.165, 1.54) is 0 Å². The van der Waals surface area contributed by atoms with Crippen LogP contribution in [0, 0.1) is 0 Å². The van der Waals surface area contributed by atoms with Gasteiger partial charge in [0, 0.05) is 12.7 Å². The van der Waals surface area contributed by atoms with E-state index >= 15 is 0 Å². The van der Waals surface area contributed by atoms with Crippen molar-refractivity contribution < 1.29 is 5.21 Å². The third-order valence-electron chi connectivity index (χ3n) is 2.41. The van der Waals surface area contributed by atoms with Gasteiger partial charge in [-0.15, -0.1) is 0 Å². The van der Waals surface area contributed by atoms with Crippen LogP contribution >= 0.6 is 0 Å². The summed E-state index contributed by atoms with van der Waals surface area (Å²) in [5.74, 6) is 0. The number of nitrogens with one attached hydrogen (secondary N) is 2. The van der Waals surface area contributed by atoms with Crippen LogP contribution in [0.4, 0.5) is 0 Å². The molecule has 3 nitrogen and oxygen atoms in total. The normalized spacial score (nSPS) is 21.1. The van der Waals surface area contributed by atoms with Gasteiger partial charge in [0.1, 0.15) is 0 Å². The minimum atomic E-state index is -0.0964. The van der Waals surface area contributed by atoms with E-state index in [4.69, 9.17) is 5.21 Å². The molecule has 0 aromatic heterocycles. The highest BCUT2D eigenvalue weighted by Crippen LogP contribution is 2.13. The lowest BCUT2D eigenvalue weighted by molar-refractivity contribution is 0.154. The Morgan fingerprint density at radius 1 is 1.47 bits per heavy atom. The molecule has 0 fully saturated rings. The Bertz CT molecular complexity index is 314. The summed E-state index contributed by atoms with van der Waals surface area (Å²) >= 11 is 0. The standard InChI is InChI=1S/C12H18N2O/c1-10(13-2)8-9-11-6-4-3-5-7-12(11)14-15/h3-8,12-15H,9H2,1-2H3/b10-8+. The minimum Gasteiger partial charge on any atom is -0.392 e. The van der Waals surface area contributed by atoms with Crippen molar-refractivity contribution in [2.45, 2.75) is 19.4 Å². The Kier molecular flexibility index (Phi) is 4.87. The summed E-state index contributed by atoms with van der Waals surface area (Å²) in [7, 11) is 1.90. The van der Waals surface area contributed by atoms with Crippen molar-refractivity contribution in [3.63, 3.8) is 0 Å². The fraction of sp³-hybridized carbons (Fsp3) is 0.333. The Labute approximate surface area is 90.8 Å². The van der Waals surface area contributed by atoms with Crippen LogP contribution in [0.2, 0.25) is 0 Å². The van der Waals surface area contributed by atoms with Crippen LogP contribution in [0.1, 0.15) is 13.3 Å². The zero-order valence-corrected chi connectivity index (χ0v) is 9.20. The molecule has 3 heteroatoms. The summed E-state index contributed by atoms with van der Waals surface area (Å²) in [5.41, 5.74) is 4.56. The number of allylic oxidation sites excluding steroid dienone is 6. The van der Waals surface area contributed by atoms with Gasteiger partial charge in [-0.25, -0.2) is 0 Å². The summed E-state index contributed by atoms with van der Waals surface area (Å²) < 4.78 is 0. The first-order valence-electron chi connectivity index (χ1n) is 5.06. The molecule has 0 spiro atoms. The Morgan fingerprint density at radius 2 is 2.27 bits per heavy atom. The summed E-state index contributed by atoms with van der Waals surface area (Å²) in [6, 6.07) is -0.0964. The van der Waals surface area contributed by atoms with Gasteiger partial charge in [0.2, 0.25) is 0 Å². The molecule has 0 saturated carbocycles. The molecule has 1 aliphatic rings. The minimum absolute atomic E-state index is 0.0964. The van der Waals surface area contributed by atoms with Crippen LogP contribution in [-0.2, 0) is 0 Å². The summed E-state index contributed by atoms with van der Waals surface area (Å²) in [6.07, 6.45) is 12.7. The second-order valence-corrected chi connectivity index (χ2v) is 3.46. The average molecular weight is 206 g/mol. The first-order valence-corrected chi connectivity index (χ1v) is 5.06. The smallest absolute Gasteiger partial charge is 0.0719 e. The fourth-order valence-corrected chi connectivity index (χ4v) is 1.34. The van der Waals surface area contributed by atoms with Crippen LogP contribution < -0.4 is 10.8 Å². The first-order chi connectivity index (χ1) is 7.27. The molecule has 82 valence electrons. The predicted molar refractivity (Wildman–Crippen MR) is 62.5 cm³/mol. The Balaban J connectivity index is 2.69. The van der Waals surface area contributed by atoms with Crippen molar-refractivity contribution >= 4 is 0 Å². The van der Waals surface area contributed by atoms with Crippen LogP contribution in [0.5, 0.6) is 0 Å². The quantitative estimate of drug-likeness (QED) is 0.616. The Hall–Kier alpha value is -1.32. The lowest BCUT2D eigenvalue weighted by Crippen LogP contribution is -2.25. The van der Waals surface area contributed by atoms with Crippen LogP contribution in [0.25, 0.3) is 0 Å². The first kappa shape index (κ1) is 11.8. The largest absolute Gasteiger partial charge is 0.392 e. The van der Waals surface area contributed by atoms with Crippen LogP contribution in [0.15, 0.2) is 47.7 Å². The molecule has 0 aliphatic heterocycles. The molecular weight excluding hydrogens is 188 g/mol. The molecule has 0 bridgehead atoms. The zero-order valence-electron chi connectivity index (χ0n) is 9.20. The number of rotatable bonds is 4. The van der Waals surface area contributed by atoms with E-state index in [-0.39, 0.29) is 6.04 Å². The lowest BCUT2D eigenvalue weighted by atomic mass is 10.0. The molecule has 0 radical (unpaired) electrons. The maximum Gasteiger partial charge on any atom is 0.0719 e. The lowest BCUT2D eigenvalue weighted by Gasteiger charge is -2.13. The monoisotopic (exact) mass is 206 g/mol. The van der Waals surface area contributed by atoms with E-state index in [1.807, 2.05) is 44.4 Å². The Morgan fingerprint density at radius 3 is 2.93 bits per heavy atom. The number of hydroxylamine groups is 1. The third-order valence-corrected chi connectivity index (χ3v) is 2.41. The van der Waals surface area contributed by atoms with Gasteiger partial charge in [-0.05, 0) is 18.9 Å². The van der Waals surface area contributed by atoms with Crippen molar-refractivity contribution in [3.8, 4) is 0 Å². The average Bonchev–Trinajstić information content (AvgIpc) is 2.50. The van der Waals surface area contributed by atoms with Gasteiger partial charge in [0.15, 0.2) is 0 Å². The molecule has 15 heavy (non-hydrogen) atoms. The van der Waals surface area contributed by atoms with Crippen molar-refractivity contribution in [3.05, 3.63) is 47.7 Å². The van der Waals surface area contributed by atoms with Crippen LogP contribution in [0.3, 0.4) is 0 Å². The van der Waals surface area contributed by atoms with E-state index in [0.29, 0.717) is 0 Å². The van der Waals surface area contributed by atoms with Gasteiger partial charge in [-0.3, -0.25) is 0 Å². The fourth-order valence-electron chi connectivity index (χ4n) is 1.34. The van der Waals surface area contributed by atoms with Gasteiger partial charge in [-0.2, -0.15) is 5.48 Å². The van der Waals surface area contributed by atoms with Gasteiger partial charge in [0.25, 0.3) is 0 Å². The molecule has 3 N–H and O–H groups in total. The van der Waals surface area contributed by atoms with Gasteiger partial charge >= 0.3 is 0 Å². The second-order valence-electron chi connectivity index (χ2n) is 3.46. The molecule has 1 rings (SSSR count). The molecule has 0 amide bonds. The molecule has 1 atom stereocenters. The van der Waals surface area contributed by atoms with E-state index in [2.05, 4.69) is 16.9 Å². The number of hydrogen-bond donors (Lipinski definition) is 3. The zero-order chi connectivity index (χ0) is 11.1. The maximum atomic E-state index is 9.00. The summed E-state index contributed by atoms with van der Waals surface area (Å²) in [4.78, 5) is 0. The van der Waals surface area contributed by atoms with Gasteiger partial charge in [0.05, 0.1) is 6.04 Å². The van der Waals surface area contributed by atoms with E-state index in [1.54, 1.807) is 0 Å². The van der Waals surface area contributed by atoms with Gasteiger partial charge < -0.3 is 10.5 Å². The summed E-state index contributed by atoms with van der Waals surface area (Å²) in [6.45, 7) is 2.02. The highest BCUT2D eigenvalue weighted by molar-refractivity contribution is 5.30. The highest BCUT2D eigenvalue weighted by Gasteiger charge is 2.08. The molecule has 1 unspecified atom stereocenters. The summed E-state index contributed by atoms with van der Waals surface area (Å²) in [5, 5.41) is 12.1.